The number of hydrogen-bond acceptors (Lipinski definition) is 4. The molecule has 2 fully saturated rings. The molecule has 1 unspecified atom stereocenters. The van der Waals surface area contributed by atoms with Gasteiger partial charge in [0.1, 0.15) is 5.54 Å². The lowest BCUT2D eigenvalue weighted by Crippen LogP contribution is -2.57. The van der Waals surface area contributed by atoms with E-state index >= 15 is 0 Å². The van der Waals surface area contributed by atoms with E-state index < -0.39 is 5.54 Å². The number of urea groups is 1. The molecule has 2 heterocycles. The van der Waals surface area contributed by atoms with Crippen molar-refractivity contribution >= 4 is 11.9 Å². The highest BCUT2D eigenvalue weighted by Gasteiger charge is 2.51. The van der Waals surface area contributed by atoms with Crippen molar-refractivity contribution in [3.8, 4) is 0 Å². The van der Waals surface area contributed by atoms with Crippen molar-refractivity contribution < 1.29 is 14.3 Å². The molecule has 6 heteroatoms. The third-order valence-electron chi connectivity index (χ3n) is 3.15. The van der Waals surface area contributed by atoms with Crippen LogP contribution in [-0.2, 0) is 9.53 Å². The summed E-state index contributed by atoms with van der Waals surface area (Å²) < 4.78 is 4.89. The number of imide groups is 1. The van der Waals surface area contributed by atoms with Gasteiger partial charge in [-0.1, -0.05) is 0 Å². The third-order valence-corrected chi connectivity index (χ3v) is 3.15. The van der Waals surface area contributed by atoms with Gasteiger partial charge in [-0.05, 0) is 19.4 Å². The molecular weight excluding hydrogens is 210 g/mol. The van der Waals surface area contributed by atoms with Crippen LogP contribution in [0.5, 0.6) is 0 Å². The summed E-state index contributed by atoms with van der Waals surface area (Å²) in [5.74, 6) is -0.123. The second-order valence-corrected chi connectivity index (χ2v) is 4.24. The van der Waals surface area contributed by atoms with Crippen LogP contribution in [0.4, 0.5) is 4.79 Å². The van der Waals surface area contributed by atoms with Crippen LogP contribution in [0.3, 0.4) is 0 Å². The summed E-state index contributed by atoms with van der Waals surface area (Å²) in [4.78, 5) is 25.1. The molecule has 0 aromatic carbocycles. The number of nitrogens with one attached hydrogen (secondary N) is 2. The van der Waals surface area contributed by atoms with Gasteiger partial charge in [-0.3, -0.25) is 9.69 Å². The van der Waals surface area contributed by atoms with E-state index in [1.54, 1.807) is 7.11 Å². The van der Waals surface area contributed by atoms with Crippen molar-refractivity contribution in [3.05, 3.63) is 0 Å². The van der Waals surface area contributed by atoms with E-state index in [0.717, 1.165) is 13.0 Å². The van der Waals surface area contributed by atoms with Gasteiger partial charge in [-0.15, -0.1) is 0 Å². The molecule has 0 aromatic rings. The second-order valence-electron chi connectivity index (χ2n) is 4.24. The molecule has 0 radical (unpaired) electrons. The number of carbonyl (C=O) groups excluding carboxylic acids is 2. The zero-order valence-corrected chi connectivity index (χ0v) is 9.41. The van der Waals surface area contributed by atoms with Crippen LogP contribution in [0.2, 0.25) is 0 Å². The Kier molecular flexibility index (Phi) is 3.11. The SMILES string of the molecule is COCCN1C(=O)NC2(CCCNC2)C1=O. The summed E-state index contributed by atoms with van der Waals surface area (Å²) >= 11 is 0. The molecule has 3 amide bonds. The van der Waals surface area contributed by atoms with Crippen LogP contribution in [0.25, 0.3) is 0 Å². The average Bonchev–Trinajstić information content (AvgIpc) is 2.50. The maximum Gasteiger partial charge on any atom is 0.325 e. The lowest BCUT2D eigenvalue weighted by molar-refractivity contribution is -0.132. The van der Waals surface area contributed by atoms with E-state index in [1.807, 2.05) is 0 Å². The van der Waals surface area contributed by atoms with Gasteiger partial charge in [-0.25, -0.2) is 4.79 Å². The number of carbonyl (C=O) groups is 2. The monoisotopic (exact) mass is 227 g/mol. The van der Waals surface area contributed by atoms with Crippen molar-refractivity contribution in [3.63, 3.8) is 0 Å². The zero-order valence-electron chi connectivity index (χ0n) is 9.41. The molecule has 1 atom stereocenters. The number of methoxy groups -OCH3 is 1. The number of hydrogen-bond donors (Lipinski definition) is 2. The Labute approximate surface area is 94.3 Å². The minimum absolute atomic E-state index is 0.123. The standard InChI is InChI=1S/C10H17N3O3/c1-16-6-5-13-8(14)10(12-9(13)15)3-2-4-11-7-10/h11H,2-7H2,1H3,(H,12,15). The van der Waals surface area contributed by atoms with Crippen LogP contribution < -0.4 is 10.6 Å². The minimum Gasteiger partial charge on any atom is -0.383 e. The van der Waals surface area contributed by atoms with Gasteiger partial charge in [0.05, 0.1) is 13.2 Å². The van der Waals surface area contributed by atoms with Crippen LogP contribution in [0.15, 0.2) is 0 Å². The Morgan fingerprint density at radius 3 is 2.94 bits per heavy atom. The Morgan fingerprint density at radius 2 is 2.31 bits per heavy atom. The minimum atomic E-state index is -0.705. The fourth-order valence-corrected chi connectivity index (χ4v) is 2.26. The second kappa shape index (κ2) is 4.39. The van der Waals surface area contributed by atoms with Crippen molar-refractivity contribution in [2.45, 2.75) is 18.4 Å². The lowest BCUT2D eigenvalue weighted by Gasteiger charge is -2.31. The number of nitrogens with zero attached hydrogens (tertiary/aromatic N) is 1. The molecule has 6 nitrogen and oxygen atoms in total. The summed E-state index contributed by atoms with van der Waals surface area (Å²) in [7, 11) is 1.55. The molecule has 2 saturated heterocycles. The van der Waals surface area contributed by atoms with Crippen LogP contribution in [-0.4, -0.2) is 55.7 Å². The highest BCUT2D eigenvalue weighted by Crippen LogP contribution is 2.24. The molecule has 16 heavy (non-hydrogen) atoms. The van der Waals surface area contributed by atoms with Gasteiger partial charge in [0, 0.05) is 13.7 Å². The zero-order chi connectivity index (χ0) is 11.6. The van der Waals surface area contributed by atoms with Crippen LogP contribution in [0, 0.1) is 0 Å². The smallest absolute Gasteiger partial charge is 0.325 e. The summed E-state index contributed by atoms with van der Waals surface area (Å²) in [6.07, 6.45) is 1.62. The Bertz CT molecular complexity index is 300. The quantitative estimate of drug-likeness (QED) is 0.626. The van der Waals surface area contributed by atoms with Gasteiger partial charge in [0.15, 0.2) is 0 Å². The summed E-state index contributed by atoms with van der Waals surface area (Å²) in [5, 5.41) is 5.95. The third kappa shape index (κ3) is 1.78. The fraction of sp³-hybridized carbons (Fsp3) is 0.800. The molecule has 2 rings (SSSR count). The van der Waals surface area contributed by atoms with Gasteiger partial charge in [0.25, 0.3) is 5.91 Å². The Balaban J connectivity index is 2.08. The first-order valence-corrected chi connectivity index (χ1v) is 5.53. The number of ether oxygens (including phenoxy) is 1. The Hall–Kier alpha value is -1.14. The predicted octanol–water partition coefficient (Wildman–Crippen LogP) is -0.693. The van der Waals surface area contributed by atoms with Crippen molar-refractivity contribution in [2.24, 2.45) is 0 Å². The number of rotatable bonds is 3. The average molecular weight is 227 g/mol. The van der Waals surface area contributed by atoms with E-state index in [1.165, 1.54) is 4.90 Å². The molecule has 0 aromatic heterocycles. The molecule has 0 saturated carbocycles. The van der Waals surface area contributed by atoms with Crippen LogP contribution >= 0.6 is 0 Å². The van der Waals surface area contributed by atoms with Crippen molar-refractivity contribution in [1.82, 2.24) is 15.5 Å². The van der Waals surface area contributed by atoms with E-state index in [9.17, 15) is 9.59 Å². The van der Waals surface area contributed by atoms with Crippen molar-refractivity contribution in [2.75, 3.05) is 33.4 Å². The maximum atomic E-state index is 12.1. The van der Waals surface area contributed by atoms with Gasteiger partial charge < -0.3 is 15.4 Å². The molecule has 1 spiro atoms. The molecule has 2 N–H and O–H groups in total. The van der Waals surface area contributed by atoms with Gasteiger partial charge >= 0.3 is 6.03 Å². The number of amides is 3. The highest BCUT2D eigenvalue weighted by molar-refractivity contribution is 6.07. The van der Waals surface area contributed by atoms with Gasteiger partial charge in [0.2, 0.25) is 0 Å². The van der Waals surface area contributed by atoms with E-state index in [4.69, 9.17) is 4.74 Å². The largest absolute Gasteiger partial charge is 0.383 e. The maximum absolute atomic E-state index is 12.1. The highest BCUT2D eigenvalue weighted by atomic mass is 16.5. The number of piperidine rings is 1. The molecule has 90 valence electrons. The molecule has 0 aliphatic carbocycles. The lowest BCUT2D eigenvalue weighted by atomic mass is 9.90. The van der Waals surface area contributed by atoms with E-state index in [-0.39, 0.29) is 11.9 Å². The fourth-order valence-electron chi connectivity index (χ4n) is 2.26. The van der Waals surface area contributed by atoms with E-state index in [2.05, 4.69) is 10.6 Å². The normalized spacial score (nSPS) is 29.9. The predicted molar refractivity (Wildman–Crippen MR) is 57.0 cm³/mol. The molecular formula is C10H17N3O3. The first-order chi connectivity index (χ1) is 7.69. The Morgan fingerprint density at radius 1 is 1.50 bits per heavy atom. The first kappa shape index (κ1) is 11.3. The molecule has 0 bridgehead atoms. The van der Waals surface area contributed by atoms with Crippen molar-refractivity contribution in [1.29, 1.82) is 0 Å². The summed E-state index contributed by atoms with van der Waals surface area (Å²) in [6.45, 7) is 2.13. The first-order valence-electron chi connectivity index (χ1n) is 5.53. The van der Waals surface area contributed by atoms with Crippen LogP contribution in [0.1, 0.15) is 12.8 Å². The van der Waals surface area contributed by atoms with Gasteiger partial charge in [-0.2, -0.15) is 0 Å². The molecule has 2 aliphatic heterocycles. The van der Waals surface area contributed by atoms with E-state index in [0.29, 0.717) is 26.1 Å². The summed E-state index contributed by atoms with van der Waals surface area (Å²) in [6, 6.07) is -0.300. The molecule has 2 aliphatic rings. The summed E-state index contributed by atoms with van der Waals surface area (Å²) in [5.41, 5.74) is -0.705. The topological polar surface area (TPSA) is 70.7 Å².